The smallest absolute Gasteiger partial charge is 0.216 e. The van der Waals surface area contributed by atoms with Crippen molar-refractivity contribution in [1.82, 2.24) is 23.8 Å². The number of nitrogens with one attached hydrogen (secondary N) is 1. The summed E-state index contributed by atoms with van der Waals surface area (Å²) in [5.74, 6) is -1.27. The molecule has 1 N–H and O–H groups in total. The molecule has 0 radical (unpaired) electrons. The average molecular weight is 402 g/mol. The number of aromatic nitrogens is 4. The molecule has 1 unspecified atom stereocenters. The minimum atomic E-state index is -2.34. The summed E-state index contributed by atoms with van der Waals surface area (Å²) in [5.41, 5.74) is 3.15. The minimum absolute atomic E-state index is 0.165. The van der Waals surface area contributed by atoms with E-state index >= 15 is 0 Å². The Kier molecular flexibility index (Phi) is 4.00. The number of imidazole rings is 2. The van der Waals surface area contributed by atoms with Gasteiger partial charge in [0.05, 0.1) is 22.1 Å². The van der Waals surface area contributed by atoms with Crippen molar-refractivity contribution in [3.63, 3.8) is 0 Å². The van der Waals surface area contributed by atoms with Gasteiger partial charge in [-0.2, -0.15) is 0 Å². The fourth-order valence-electron chi connectivity index (χ4n) is 3.41. The Labute approximate surface area is 160 Å². The van der Waals surface area contributed by atoms with Crippen LogP contribution >= 0.6 is 0 Å². The van der Waals surface area contributed by atoms with Gasteiger partial charge in [0, 0.05) is 36.0 Å². The van der Waals surface area contributed by atoms with Gasteiger partial charge in [0.25, 0.3) is 0 Å². The second-order valence-corrected chi connectivity index (χ2v) is 7.52. The van der Waals surface area contributed by atoms with Crippen molar-refractivity contribution in [2.24, 2.45) is 0 Å². The van der Waals surface area contributed by atoms with E-state index in [1.165, 1.54) is 6.07 Å². The molecule has 0 aliphatic heterocycles. The Hall–Kier alpha value is -2.69. The molecule has 4 aromatic rings. The highest BCUT2D eigenvalue weighted by Crippen LogP contribution is 2.40. The summed E-state index contributed by atoms with van der Waals surface area (Å²) in [4.78, 5) is 8.92. The highest BCUT2D eigenvalue weighted by atomic mass is 32.2. The number of halogens is 2. The molecule has 2 aromatic heterocycles. The zero-order valence-electron chi connectivity index (χ0n) is 14.4. The molecule has 2 heterocycles. The van der Waals surface area contributed by atoms with Crippen LogP contribution in [-0.4, -0.2) is 27.9 Å². The van der Waals surface area contributed by atoms with E-state index in [0.717, 1.165) is 30.0 Å². The van der Waals surface area contributed by atoms with Gasteiger partial charge in [-0.1, -0.05) is 6.07 Å². The molecular weight excluding hydrogens is 388 g/mol. The Morgan fingerprint density at radius 3 is 2.68 bits per heavy atom. The lowest BCUT2D eigenvalue weighted by atomic mass is 10.2. The van der Waals surface area contributed by atoms with Crippen molar-refractivity contribution in [1.29, 1.82) is 0 Å². The van der Waals surface area contributed by atoms with Gasteiger partial charge in [0.2, 0.25) is 5.95 Å². The van der Waals surface area contributed by atoms with Crippen LogP contribution in [0.4, 0.5) is 8.78 Å². The van der Waals surface area contributed by atoms with Gasteiger partial charge < -0.3 is 9.12 Å². The lowest BCUT2D eigenvalue weighted by Crippen LogP contribution is -2.15. The van der Waals surface area contributed by atoms with Gasteiger partial charge in [-0.3, -0.25) is 8.78 Å². The second kappa shape index (κ2) is 6.43. The zero-order valence-corrected chi connectivity index (χ0v) is 15.2. The van der Waals surface area contributed by atoms with Gasteiger partial charge in [0.15, 0.2) is 11.6 Å². The van der Waals surface area contributed by atoms with Crippen molar-refractivity contribution >= 4 is 33.3 Å². The average Bonchev–Trinajstić information content (AvgIpc) is 3.31. The molecule has 1 saturated carbocycles. The number of rotatable bonds is 5. The van der Waals surface area contributed by atoms with E-state index in [1.54, 1.807) is 23.0 Å². The number of hydrogen-bond acceptors (Lipinski definition) is 4. The summed E-state index contributed by atoms with van der Waals surface area (Å²) in [5, 5.41) is 0. The lowest BCUT2D eigenvalue weighted by Gasteiger charge is -2.10. The third kappa shape index (κ3) is 2.89. The van der Waals surface area contributed by atoms with Gasteiger partial charge in [0.1, 0.15) is 6.33 Å². The van der Waals surface area contributed by atoms with E-state index in [0.29, 0.717) is 22.5 Å². The Morgan fingerprint density at radius 1 is 1.14 bits per heavy atom. The second-order valence-electron chi connectivity index (χ2n) is 6.76. The first-order valence-electron chi connectivity index (χ1n) is 8.67. The molecular formula is C18H14F2N5O2S-. The molecule has 0 saturated heterocycles. The van der Waals surface area contributed by atoms with E-state index < -0.39 is 22.9 Å². The molecule has 7 nitrogen and oxygen atoms in total. The Bertz CT molecular complexity index is 1250. The fraction of sp³-hybridized carbons (Fsp3) is 0.222. The highest BCUT2D eigenvalue weighted by molar-refractivity contribution is 7.77. The largest absolute Gasteiger partial charge is 0.760 e. The van der Waals surface area contributed by atoms with E-state index in [2.05, 4.69) is 14.7 Å². The van der Waals surface area contributed by atoms with Crippen LogP contribution in [-0.2, 0) is 17.8 Å². The summed E-state index contributed by atoms with van der Waals surface area (Å²) < 4.78 is 54.9. The predicted octanol–water partition coefficient (Wildman–Crippen LogP) is 2.87. The van der Waals surface area contributed by atoms with Crippen LogP contribution in [0.2, 0.25) is 0 Å². The van der Waals surface area contributed by atoms with Crippen LogP contribution in [0.25, 0.3) is 28.0 Å². The SMILES string of the molecule is O=S([O-])NCc1ccc2c(c1)ncn2-c1nc2cc(F)c(F)cc2n1C1CC1. The van der Waals surface area contributed by atoms with Gasteiger partial charge in [-0.15, -0.1) is 0 Å². The number of hydrogen-bond donors (Lipinski definition) is 1. The van der Waals surface area contributed by atoms with E-state index in [4.69, 9.17) is 0 Å². The first-order chi connectivity index (χ1) is 13.5. The molecule has 144 valence electrons. The molecule has 1 atom stereocenters. The lowest BCUT2D eigenvalue weighted by molar-refractivity contribution is 0.510. The molecule has 1 fully saturated rings. The maximum atomic E-state index is 13.8. The highest BCUT2D eigenvalue weighted by Gasteiger charge is 2.30. The molecule has 1 aliphatic carbocycles. The predicted molar refractivity (Wildman–Crippen MR) is 98.3 cm³/mol. The molecule has 2 aromatic carbocycles. The maximum absolute atomic E-state index is 13.8. The summed E-state index contributed by atoms with van der Waals surface area (Å²) >= 11 is -2.34. The molecule has 28 heavy (non-hydrogen) atoms. The number of nitrogens with zero attached hydrogens (tertiary/aromatic N) is 4. The molecule has 1 aliphatic rings. The van der Waals surface area contributed by atoms with Crippen LogP contribution in [0, 0.1) is 11.6 Å². The van der Waals surface area contributed by atoms with Crippen LogP contribution in [0.1, 0.15) is 24.4 Å². The topological polar surface area (TPSA) is 87.8 Å². The third-order valence-corrected chi connectivity index (χ3v) is 5.23. The van der Waals surface area contributed by atoms with Crippen molar-refractivity contribution in [3.05, 3.63) is 53.9 Å². The Morgan fingerprint density at radius 2 is 1.93 bits per heavy atom. The van der Waals surface area contributed by atoms with Gasteiger partial charge >= 0.3 is 0 Å². The van der Waals surface area contributed by atoms with Crippen LogP contribution in [0.3, 0.4) is 0 Å². The standard InChI is InChI=1S/C18H15F2N5O2S/c19-12-6-15-17(7-13(12)20)25(11-2-3-11)18(23-15)24-9-21-14-5-10(1-4-16(14)24)8-22-28(26)27/h1,4-7,9,11,22H,2-3,8H2,(H,26,27)/p-1. The van der Waals surface area contributed by atoms with Crippen molar-refractivity contribution in [2.75, 3.05) is 0 Å². The van der Waals surface area contributed by atoms with E-state index in [1.807, 2.05) is 10.6 Å². The molecule has 5 rings (SSSR count). The maximum Gasteiger partial charge on any atom is 0.216 e. The van der Waals surface area contributed by atoms with Crippen LogP contribution in [0.15, 0.2) is 36.7 Å². The quantitative estimate of drug-likeness (QED) is 0.520. The van der Waals surface area contributed by atoms with Gasteiger partial charge in [-0.25, -0.2) is 23.5 Å². The van der Waals surface area contributed by atoms with Crippen molar-refractivity contribution < 1.29 is 17.5 Å². The van der Waals surface area contributed by atoms with E-state index in [-0.39, 0.29) is 12.6 Å². The van der Waals surface area contributed by atoms with Gasteiger partial charge in [-0.05, 0) is 30.5 Å². The number of benzene rings is 2. The van der Waals surface area contributed by atoms with Crippen molar-refractivity contribution in [2.45, 2.75) is 25.4 Å². The molecule has 0 amide bonds. The molecule has 0 bridgehead atoms. The summed E-state index contributed by atoms with van der Waals surface area (Å²) in [6, 6.07) is 7.90. The fourth-order valence-corrected chi connectivity index (χ4v) is 3.69. The van der Waals surface area contributed by atoms with E-state index in [9.17, 15) is 17.5 Å². The van der Waals surface area contributed by atoms with Crippen molar-refractivity contribution in [3.8, 4) is 5.95 Å². The summed E-state index contributed by atoms with van der Waals surface area (Å²) in [7, 11) is 0. The Balaban J connectivity index is 1.64. The monoisotopic (exact) mass is 402 g/mol. The zero-order chi connectivity index (χ0) is 19.4. The normalized spacial score (nSPS) is 15.5. The first kappa shape index (κ1) is 17.4. The third-order valence-electron chi connectivity index (χ3n) is 4.85. The summed E-state index contributed by atoms with van der Waals surface area (Å²) in [6.07, 6.45) is 3.51. The molecule has 10 heteroatoms. The molecule has 0 spiro atoms. The first-order valence-corrected chi connectivity index (χ1v) is 9.75. The van der Waals surface area contributed by atoms with Crippen LogP contribution in [0.5, 0.6) is 0 Å². The number of fused-ring (bicyclic) bond motifs is 2. The minimum Gasteiger partial charge on any atom is -0.760 e. The van der Waals surface area contributed by atoms with Crippen LogP contribution < -0.4 is 4.72 Å². The summed E-state index contributed by atoms with van der Waals surface area (Å²) in [6.45, 7) is 0.165.